The Bertz CT molecular complexity index is 656. The molecule has 1 heterocycles. The second-order valence-electron chi connectivity index (χ2n) is 7.13. The Labute approximate surface area is 180 Å². The molecule has 0 radical (unpaired) electrons. The highest BCUT2D eigenvalue weighted by atomic mass is 16.5. The van der Waals surface area contributed by atoms with Crippen LogP contribution in [-0.4, -0.2) is 68.1 Å². The maximum atomic E-state index is 11.1. The Morgan fingerprint density at radius 1 is 1.40 bits per heavy atom. The summed E-state index contributed by atoms with van der Waals surface area (Å²) in [6.07, 6.45) is 1.03. The number of para-hydroxylation sites is 1. The molecule has 0 saturated carbocycles. The molecule has 3 atom stereocenters. The number of likely N-dealkylation sites (tertiary alicyclic amines) is 1. The van der Waals surface area contributed by atoms with E-state index in [1.165, 1.54) is 12.1 Å². The van der Waals surface area contributed by atoms with Crippen LogP contribution < -0.4 is 26.6 Å². The van der Waals surface area contributed by atoms with Crippen LogP contribution in [0.1, 0.15) is 34.1 Å². The van der Waals surface area contributed by atoms with E-state index < -0.39 is 6.04 Å². The van der Waals surface area contributed by atoms with Crippen molar-refractivity contribution in [1.29, 1.82) is 0 Å². The monoisotopic (exact) mass is 425 g/mol. The Hall–Kier alpha value is -2.36. The highest BCUT2D eigenvalue weighted by molar-refractivity contribution is 5.81. The van der Waals surface area contributed by atoms with E-state index in [0.717, 1.165) is 6.29 Å². The third-order valence-electron chi connectivity index (χ3n) is 4.76. The molecule has 172 valence electrons. The van der Waals surface area contributed by atoms with Crippen LogP contribution in [0.25, 0.3) is 0 Å². The molecule has 1 aromatic carbocycles. The van der Waals surface area contributed by atoms with Gasteiger partial charge in [0.2, 0.25) is 5.91 Å². The van der Waals surface area contributed by atoms with Gasteiger partial charge in [-0.05, 0) is 31.5 Å². The zero-order valence-electron chi connectivity index (χ0n) is 19.3. The number of aliphatic hydroxyl groups excluding tert-OH is 1. The predicted molar refractivity (Wildman–Crippen MR) is 121 cm³/mol. The van der Waals surface area contributed by atoms with Crippen molar-refractivity contribution in [3.05, 3.63) is 18.2 Å². The Balaban J connectivity index is 0.000000557. The summed E-state index contributed by atoms with van der Waals surface area (Å²) in [4.78, 5) is 24.0. The second kappa shape index (κ2) is 13.8. The first-order chi connectivity index (χ1) is 14.2. The van der Waals surface area contributed by atoms with Crippen LogP contribution in [0.4, 0.5) is 11.4 Å². The van der Waals surface area contributed by atoms with Gasteiger partial charge < -0.3 is 25.7 Å². The van der Waals surface area contributed by atoms with E-state index in [4.69, 9.17) is 16.3 Å². The number of aldehydes is 1. The number of β-amino-alcohol motifs (C(OH)–C–C–N with tert-alkyl or cyclic N) is 1. The summed E-state index contributed by atoms with van der Waals surface area (Å²) in [5.74, 6) is 6.58. The molecular weight excluding hydrogens is 386 g/mol. The lowest BCUT2D eigenvalue weighted by atomic mass is 10.0. The number of rotatable bonds is 6. The lowest BCUT2D eigenvalue weighted by Crippen LogP contribution is -2.45. The molecule has 30 heavy (non-hydrogen) atoms. The van der Waals surface area contributed by atoms with Crippen molar-refractivity contribution in [2.75, 3.05) is 38.5 Å². The molecule has 0 aliphatic carbocycles. The number of nitrogens with zero attached hydrogens (tertiary/aromatic N) is 2. The number of carbonyl (C=O) groups is 2. The molecule has 2 rings (SSSR count). The molecule has 1 amide bonds. The van der Waals surface area contributed by atoms with E-state index in [2.05, 4.69) is 5.32 Å². The average Bonchev–Trinajstić information content (AvgIpc) is 3.07. The van der Waals surface area contributed by atoms with Gasteiger partial charge in [-0.3, -0.25) is 14.7 Å². The van der Waals surface area contributed by atoms with Gasteiger partial charge >= 0.3 is 0 Å². The lowest BCUT2D eigenvalue weighted by molar-refractivity contribution is -0.124. The minimum absolute atomic E-state index is 0.0101. The largest absolute Gasteiger partial charge is 0.495 e. The highest BCUT2D eigenvalue weighted by Crippen LogP contribution is 2.32. The van der Waals surface area contributed by atoms with Crippen molar-refractivity contribution in [2.24, 2.45) is 11.8 Å². The van der Waals surface area contributed by atoms with Crippen LogP contribution in [0.2, 0.25) is 0 Å². The van der Waals surface area contributed by atoms with E-state index >= 15 is 0 Å². The van der Waals surface area contributed by atoms with E-state index in [1.54, 1.807) is 25.2 Å². The zero-order valence-corrected chi connectivity index (χ0v) is 19.3. The van der Waals surface area contributed by atoms with Crippen LogP contribution in [-0.2, 0) is 9.59 Å². The molecular formula is C21H39N5O4. The Morgan fingerprint density at radius 3 is 2.40 bits per heavy atom. The molecule has 6 N–H and O–H groups in total. The fraction of sp³-hybridized carbons (Fsp3) is 0.619. The van der Waals surface area contributed by atoms with Crippen LogP contribution >= 0.6 is 0 Å². The van der Waals surface area contributed by atoms with Crippen molar-refractivity contribution >= 4 is 23.6 Å². The van der Waals surface area contributed by atoms with Crippen molar-refractivity contribution in [1.82, 2.24) is 10.2 Å². The third kappa shape index (κ3) is 7.47. The number of carbonyl (C=O) groups excluding carboxylic acids is 2. The van der Waals surface area contributed by atoms with Gasteiger partial charge in [0, 0.05) is 13.6 Å². The van der Waals surface area contributed by atoms with E-state index in [-0.39, 0.29) is 24.0 Å². The number of hydrazine groups is 1. The zero-order chi connectivity index (χ0) is 23.4. The number of anilines is 2. The van der Waals surface area contributed by atoms with Gasteiger partial charge in [-0.15, -0.1) is 0 Å². The van der Waals surface area contributed by atoms with Gasteiger partial charge in [-0.25, -0.2) is 5.84 Å². The van der Waals surface area contributed by atoms with Crippen LogP contribution in [0.15, 0.2) is 18.2 Å². The first kappa shape index (κ1) is 27.6. The number of aliphatic hydroxyl groups is 1. The minimum Gasteiger partial charge on any atom is -0.495 e. The highest BCUT2D eigenvalue weighted by Gasteiger charge is 2.32. The average molecular weight is 426 g/mol. The number of benzene rings is 1. The smallest absolute Gasteiger partial charge is 0.237 e. The van der Waals surface area contributed by atoms with Gasteiger partial charge in [0.1, 0.15) is 18.1 Å². The van der Waals surface area contributed by atoms with Gasteiger partial charge in [0.25, 0.3) is 0 Å². The van der Waals surface area contributed by atoms with Crippen LogP contribution in [0.3, 0.4) is 0 Å². The minimum atomic E-state index is -0.413. The molecule has 1 fully saturated rings. The van der Waals surface area contributed by atoms with E-state index in [1.807, 2.05) is 39.6 Å². The summed E-state index contributed by atoms with van der Waals surface area (Å²) in [6.45, 7) is 8.45. The number of hydrogen-bond donors (Lipinski definition) is 4. The first-order valence-corrected chi connectivity index (χ1v) is 10.2. The summed E-state index contributed by atoms with van der Waals surface area (Å²) in [5, 5.41) is 13.1. The molecule has 3 unspecified atom stereocenters. The number of hydrogen-bond acceptors (Lipinski definition) is 8. The second-order valence-corrected chi connectivity index (χ2v) is 7.13. The summed E-state index contributed by atoms with van der Waals surface area (Å²) in [6, 6.07) is 4.74. The lowest BCUT2D eigenvalue weighted by Gasteiger charge is -2.29. The number of likely N-dealkylation sites (N-methyl/N-ethyl adjacent to an activating group) is 2. The number of nitrogens with one attached hydrogen (secondary N) is 1. The fourth-order valence-electron chi connectivity index (χ4n) is 3.09. The van der Waals surface area contributed by atoms with Gasteiger partial charge in [-0.1, -0.05) is 33.8 Å². The van der Waals surface area contributed by atoms with Gasteiger partial charge in [0.15, 0.2) is 0 Å². The molecule has 1 saturated heterocycles. The van der Waals surface area contributed by atoms with Gasteiger partial charge in [-0.2, -0.15) is 0 Å². The predicted octanol–water partition coefficient (Wildman–Crippen LogP) is 1.00. The quantitative estimate of drug-likeness (QED) is 0.230. The maximum absolute atomic E-state index is 11.1. The Morgan fingerprint density at radius 2 is 2.00 bits per heavy atom. The standard InChI is InChI=1S/C12H19N3O2.C7H14N2O2.C2H6/c1-8(2)10(7-16)15(14)9-5-4-6-11(17-3)12(9)13;1-8-7(11)6-3-5(10)4-9(6)2;1-2/h4-8,10H,13-14H2,1-3H3;5-6,10H,3-4H2,1-2H3,(H,8,11);1-2H3. The summed E-state index contributed by atoms with van der Waals surface area (Å²) in [7, 11) is 4.99. The van der Waals surface area contributed by atoms with Crippen LogP contribution in [0, 0.1) is 5.92 Å². The number of methoxy groups -OCH3 is 1. The molecule has 1 aliphatic rings. The molecule has 0 bridgehead atoms. The number of nitrogen functional groups attached to an aromatic ring is 1. The SMILES string of the molecule is CC.CNC(=O)C1CC(O)CN1C.COc1cccc(N(N)C(C=O)C(C)C)c1N. The Kier molecular flexibility index (Phi) is 12.7. The summed E-state index contributed by atoms with van der Waals surface area (Å²) in [5.41, 5.74) is 6.95. The summed E-state index contributed by atoms with van der Waals surface area (Å²) >= 11 is 0. The molecule has 0 aromatic heterocycles. The van der Waals surface area contributed by atoms with Crippen molar-refractivity contribution in [3.63, 3.8) is 0 Å². The molecule has 9 heteroatoms. The van der Waals surface area contributed by atoms with Crippen molar-refractivity contribution in [2.45, 2.75) is 52.3 Å². The summed E-state index contributed by atoms with van der Waals surface area (Å²) < 4.78 is 5.11. The van der Waals surface area contributed by atoms with E-state index in [9.17, 15) is 14.7 Å². The van der Waals surface area contributed by atoms with Crippen molar-refractivity contribution < 1.29 is 19.4 Å². The third-order valence-corrected chi connectivity index (χ3v) is 4.76. The first-order valence-electron chi connectivity index (χ1n) is 10.2. The topological polar surface area (TPSA) is 134 Å². The number of amides is 1. The molecule has 1 aromatic rings. The van der Waals surface area contributed by atoms with Gasteiger partial charge in [0.05, 0.1) is 30.6 Å². The molecule has 1 aliphatic heterocycles. The number of ether oxygens (including phenoxy) is 1. The van der Waals surface area contributed by atoms with E-state index in [0.29, 0.717) is 30.1 Å². The van der Waals surface area contributed by atoms with Crippen molar-refractivity contribution in [3.8, 4) is 5.75 Å². The normalized spacial score (nSPS) is 19.0. The number of nitrogens with two attached hydrogens (primary N) is 2. The fourth-order valence-corrected chi connectivity index (χ4v) is 3.09. The molecule has 9 nitrogen and oxygen atoms in total. The maximum Gasteiger partial charge on any atom is 0.237 e. The molecule has 0 spiro atoms. The van der Waals surface area contributed by atoms with Crippen LogP contribution in [0.5, 0.6) is 5.75 Å².